The van der Waals surface area contributed by atoms with Crippen molar-refractivity contribution >= 4 is 40.8 Å². The number of benzene rings is 3. The summed E-state index contributed by atoms with van der Waals surface area (Å²) >= 11 is 11.1. The maximum atomic E-state index is 5.90. The number of hydrogen-bond donors (Lipinski definition) is 2. The van der Waals surface area contributed by atoms with E-state index in [9.17, 15) is 0 Å². The average molecular weight is 426 g/mol. The molecule has 0 radical (unpaired) electrons. The van der Waals surface area contributed by atoms with E-state index in [0.29, 0.717) is 16.7 Å². The summed E-state index contributed by atoms with van der Waals surface area (Å²) in [5.41, 5.74) is 5.57. The van der Waals surface area contributed by atoms with Gasteiger partial charge in [0.05, 0.1) is 13.3 Å². The molecule has 2 N–H and O–H groups in total. The fourth-order valence-electron chi connectivity index (χ4n) is 2.43. The summed E-state index contributed by atoms with van der Waals surface area (Å²) in [6.07, 6.45) is 1.68. The summed E-state index contributed by atoms with van der Waals surface area (Å²) in [5, 5.41) is 8.31. The second kappa shape index (κ2) is 10.5. The molecule has 0 bridgehead atoms. The third-order valence-corrected chi connectivity index (χ3v) is 4.35. The summed E-state index contributed by atoms with van der Waals surface area (Å²) in [5.74, 6) is 1.54. The second-order valence-corrected chi connectivity index (χ2v) is 6.88. The number of methoxy groups -OCH3 is 1. The Morgan fingerprint density at radius 2 is 1.79 bits per heavy atom. The Labute approximate surface area is 180 Å². The molecule has 0 unspecified atom stereocenters. The Morgan fingerprint density at radius 3 is 2.52 bits per heavy atom. The first-order valence-electron chi connectivity index (χ1n) is 8.84. The van der Waals surface area contributed by atoms with Crippen LogP contribution in [0.25, 0.3) is 0 Å². The number of thiocarbonyl (C=S) groups is 1. The van der Waals surface area contributed by atoms with Crippen molar-refractivity contribution in [3.05, 3.63) is 88.9 Å². The average Bonchev–Trinajstić information content (AvgIpc) is 2.74. The van der Waals surface area contributed by atoms with Crippen LogP contribution in [0.15, 0.2) is 77.9 Å². The Morgan fingerprint density at radius 1 is 1.03 bits per heavy atom. The van der Waals surface area contributed by atoms with Gasteiger partial charge >= 0.3 is 0 Å². The smallest absolute Gasteiger partial charge is 0.191 e. The molecule has 0 aliphatic heterocycles. The van der Waals surface area contributed by atoms with Crippen LogP contribution in [0.1, 0.15) is 11.1 Å². The van der Waals surface area contributed by atoms with Gasteiger partial charge in [-0.15, -0.1) is 0 Å². The van der Waals surface area contributed by atoms with Crippen molar-refractivity contribution < 1.29 is 9.47 Å². The van der Waals surface area contributed by atoms with Crippen LogP contribution in [-0.2, 0) is 6.61 Å². The molecule has 0 aliphatic rings. The highest BCUT2D eigenvalue weighted by Crippen LogP contribution is 2.16. The Hall–Kier alpha value is -3.09. The van der Waals surface area contributed by atoms with Crippen molar-refractivity contribution in [3.8, 4) is 11.5 Å². The van der Waals surface area contributed by atoms with Crippen molar-refractivity contribution in [3.63, 3.8) is 0 Å². The third kappa shape index (κ3) is 6.78. The van der Waals surface area contributed by atoms with E-state index in [1.54, 1.807) is 13.3 Å². The van der Waals surface area contributed by atoms with E-state index in [4.69, 9.17) is 33.3 Å². The van der Waals surface area contributed by atoms with Crippen molar-refractivity contribution in [1.82, 2.24) is 5.43 Å². The quantitative estimate of drug-likeness (QED) is 0.307. The predicted octanol–water partition coefficient (Wildman–Crippen LogP) is 5.25. The van der Waals surface area contributed by atoms with Gasteiger partial charge in [0.2, 0.25) is 0 Å². The number of hydrazone groups is 1. The molecular weight excluding hydrogens is 406 g/mol. The number of halogens is 1. The molecule has 5 nitrogen and oxygen atoms in total. The van der Waals surface area contributed by atoms with Crippen LogP contribution in [0.5, 0.6) is 11.5 Å². The molecule has 0 atom stereocenters. The van der Waals surface area contributed by atoms with E-state index in [0.717, 1.165) is 28.3 Å². The van der Waals surface area contributed by atoms with Gasteiger partial charge in [0, 0.05) is 10.7 Å². The van der Waals surface area contributed by atoms with Gasteiger partial charge in [-0.3, -0.25) is 5.43 Å². The normalized spacial score (nSPS) is 10.6. The molecule has 7 heteroatoms. The Balaban J connectivity index is 1.50. The minimum absolute atomic E-state index is 0.390. The van der Waals surface area contributed by atoms with E-state index in [2.05, 4.69) is 15.8 Å². The maximum absolute atomic E-state index is 5.90. The summed E-state index contributed by atoms with van der Waals surface area (Å²) in [6, 6.07) is 22.7. The predicted molar refractivity (Wildman–Crippen MR) is 122 cm³/mol. The van der Waals surface area contributed by atoms with Crippen LogP contribution in [-0.4, -0.2) is 18.4 Å². The summed E-state index contributed by atoms with van der Waals surface area (Å²) in [4.78, 5) is 0. The van der Waals surface area contributed by atoms with Crippen molar-refractivity contribution in [2.75, 3.05) is 12.4 Å². The zero-order chi connectivity index (χ0) is 20.5. The highest BCUT2D eigenvalue weighted by atomic mass is 35.5. The number of nitrogens with zero attached hydrogens (tertiary/aromatic N) is 1. The molecular formula is C22H20ClN3O2S. The van der Waals surface area contributed by atoms with Crippen LogP contribution >= 0.6 is 23.8 Å². The molecule has 3 aromatic carbocycles. The van der Waals surface area contributed by atoms with Crippen molar-refractivity contribution in [2.24, 2.45) is 5.10 Å². The second-order valence-electron chi connectivity index (χ2n) is 6.04. The van der Waals surface area contributed by atoms with E-state index < -0.39 is 0 Å². The van der Waals surface area contributed by atoms with Gasteiger partial charge in [0.15, 0.2) is 5.11 Å². The van der Waals surface area contributed by atoms with Crippen LogP contribution < -0.4 is 20.2 Å². The number of hydrogen-bond acceptors (Lipinski definition) is 4. The number of ether oxygens (including phenoxy) is 2. The molecule has 148 valence electrons. The van der Waals surface area contributed by atoms with E-state index >= 15 is 0 Å². The first-order valence-corrected chi connectivity index (χ1v) is 9.62. The SMILES string of the molecule is COc1ccc(NC(=S)NN=Cc2cccc(OCc3ccc(Cl)cc3)c2)cc1. The first-order chi connectivity index (χ1) is 14.1. The molecule has 0 spiro atoms. The van der Waals surface area contributed by atoms with Crippen LogP contribution in [0.2, 0.25) is 5.02 Å². The highest BCUT2D eigenvalue weighted by molar-refractivity contribution is 7.80. The van der Waals surface area contributed by atoms with Crippen LogP contribution in [0.3, 0.4) is 0 Å². The molecule has 0 fully saturated rings. The van der Waals surface area contributed by atoms with E-state index in [-0.39, 0.29) is 0 Å². The molecule has 3 aromatic rings. The van der Waals surface area contributed by atoms with Gasteiger partial charge in [0.1, 0.15) is 18.1 Å². The standard InChI is InChI=1S/C22H20ClN3O2S/c1-27-20-11-9-19(10-12-20)25-22(29)26-24-14-17-3-2-4-21(13-17)28-15-16-5-7-18(23)8-6-16/h2-14H,15H2,1H3,(H2,25,26,29). The zero-order valence-electron chi connectivity index (χ0n) is 15.8. The molecule has 0 heterocycles. The minimum Gasteiger partial charge on any atom is -0.497 e. The lowest BCUT2D eigenvalue weighted by Crippen LogP contribution is -2.23. The van der Waals surface area contributed by atoms with Gasteiger partial charge in [-0.05, 0) is 71.9 Å². The van der Waals surface area contributed by atoms with Crippen LogP contribution in [0.4, 0.5) is 5.69 Å². The fourth-order valence-corrected chi connectivity index (χ4v) is 2.73. The van der Waals surface area contributed by atoms with Gasteiger partial charge in [-0.25, -0.2) is 0 Å². The van der Waals surface area contributed by atoms with Crippen molar-refractivity contribution in [1.29, 1.82) is 0 Å². The summed E-state index contributed by atoms with van der Waals surface area (Å²) in [6.45, 7) is 0.464. The van der Waals surface area contributed by atoms with Gasteiger partial charge in [-0.2, -0.15) is 5.10 Å². The molecule has 0 amide bonds. The van der Waals surface area contributed by atoms with Crippen molar-refractivity contribution in [2.45, 2.75) is 6.61 Å². The highest BCUT2D eigenvalue weighted by Gasteiger charge is 1.99. The molecule has 0 aromatic heterocycles. The Bertz CT molecular complexity index is 976. The largest absolute Gasteiger partial charge is 0.497 e. The lowest BCUT2D eigenvalue weighted by atomic mass is 10.2. The molecule has 0 saturated carbocycles. The molecule has 3 rings (SSSR count). The zero-order valence-corrected chi connectivity index (χ0v) is 17.3. The number of anilines is 1. The maximum Gasteiger partial charge on any atom is 0.191 e. The molecule has 29 heavy (non-hydrogen) atoms. The number of rotatable bonds is 7. The summed E-state index contributed by atoms with van der Waals surface area (Å²) < 4.78 is 11.0. The molecule has 0 saturated heterocycles. The summed E-state index contributed by atoms with van der Waals surface area (Å²) in [7, 11) is 1.63. The van der Waals surface area contributed by atoms with Gasteiger partial charge in [-0.1, -0.05) is 35.9 Å². The fraction of sp³-hybridized carbons (Fsp3) is 0.0909. The third-order valence-electron chi connectivity index (χ3n) is 3.90. The minimum atomic E-state index is 0.390. The molecule has 0 aliphatic carbocycles. The number of nitrogens with one attached hydrogen (secondary N) is 2. The van der Waals surface area contributed by atoms with E-state index in [1.807, 2.05) is 72.8 Å². The lowest BCUT2D eigenvalue weighted by molar-refractivity contribution is 0.306. The monoisotopic (exact) mass is 425 g/mol. The topological polar surface area (TPSA) is 54.9 Å². The lowest BCUT2D eigenvalue weighted by Gasteiger charge is -2.08. The van der Waals surface area contributed by atoms with Crippen LogP contribution in [0, 0.1) is 0 Å². The van der Waals surface area contributed by atoms with E-state index in [1.165, 1.54) is 0 Å². The Kier molecular flexibility index (Phi) is 7.44. The van der Waals surface area contributed by atoms with Gasteiger partial charge < -0.3 is 14.8 Å². The first kappa shape index (κ1) is 20.6. The van der Waals surface area contributed by atoms with Gasteiger partial charge in [0.25, 0.3) is 0 Å².